The van der Waals surface area contributed by atoms with Crippen LogP contribution in [0.3, 0.4) is 0 Å². The number of likely N-dealkylation sites (tertiary alicyclic amines) is 1. The fourth-order valence-corrected chi connectivity index (χ4v) is 7.20. The van der Waals surface area contributed by atoms with Crippen molar-refractivity contribution in [3.8, 4) is 0 Å². The van der Waals surface area contributed by atoms with Crippen LogP contribution in [0.2, 0.25) is 14.5 Å². The largest absolute Gasteiger partial charge is 0.370 e. The first-order chi connectivity index (χ1) is 14.9. The van der Waals surface area contributed by atoms with E-state index in [4.69, 9.17) is 34.8 Å². The van der Waals surface area contributed by atoms with Gasteiger partial charge in [0.1, 0.15) is 9.92 Å². The van der Waals surface area contributed by atoms with E-state index in [1.54, 1.807) is 0 Å². The van der Waals surface area contributed by atoms with Gasteiger partial charge in [-0.1, -0.05) is 48.7 Å². The van der Waals surface area contributed by atoms with Gasteiger partial charge in [-0.25, -0.2) is 17.8 Å². The second kappa shape index (κ2) is 9.07. The molecule has 1 atom stereocenters. The van der Waals surface area contributed by atoms with Gasteiger partial charge in [-0.05, 0) is 36.8 Å². The molecular weight excluding hydrogens is 518 g/mol. The van der Waals surface area contributed by atoms with Crippen LogP contribution in [0.25, 0.3) is 0 Å². The number of nitrogens with zero attached hydrogens (tertiary/aromatic N) is 3. The predicted molar refractivity (Wildman–Crippen MR) is 130 cm³/mol. The summed E-state index contributed by atoms with van der Waals surface area (Å²) in [4.78, 5) is 7.59. The summed E-state index contributed by atoms with van der Waals surface area (Å²) in [6, 6.07) is 1.43. The summed E-state index contributed by atoms with van der Waals surface area (Å²) in [6.45, 7) is 9.15. The van der Waals surface area contributed by atoms with Crippen LogP contribution >= 0.6 is 46.1 Å². The zero-order valence-electron chi connectivity index (χ0n) is 17.7. The molecule has 2 aromatic rings. The number of rotatable bonds is 6. The lowest BCUT2D eigenvalue weighted by Gasteiger charge is -2.24. The summed E-state index contributed by atoms with van der Waals surface area (Å²) < 4.78 is 43.0. The van der Waals surface area contributed by atoms with E-state index in [1.165, 1.54) is 17.9 Å². The Morgan fingerprint density at radius 2 is 2.06 bits per heavy atom. The van der Waals surface area contributed by atoms with E-state index >= 15 is 4.39 Å². The molecule has 32 heavy (non-hydrogen) atoms. The number of hydrogen-bond donors (Lipinski definition) is 1. The quantitative estimate of drug-likeness (QED) is 0.482. The van der Waals surface area contributed by atoms with E-state index in [0.29, 0.717) is 30.1 Å². The summed E-state index contributed by atoms with van der Waals surface area (Å²) in [5, 5.41) is 0.919. The fourth-order valence-electron chi connectivity index (χ4n) is 4.48. The van der Waals surface area contributed by atoms with Crippen molar-refractivity contribution >= 4 is 67.7 Å². The zero-order valence-corrected chi connectivity index (χ0v) is 21.6. The van der Waals surface area contributed by atoms with Crippen molar-refractivity contribution in [1.29, 1.82) is 0 Å². The highest BCUT2D eigenvalue weighted by Crippen LogP contribution is 2.40. The van der Waals surface area contributed by atoms with Crippen molar-refractivity contribution in [1.82, 2.24) is 9.88 Å². The number of benzene rings is 1. The molecule has 2 saturated heterocycles. The Morgan fingerprint density at radius 3 is 2.69 bits per heavy atom. The average Bonchev–Trinajstić information content (AvgIpc) is 3.39. The highest BCUT2D eigenvalue weighted by Gasteiger charge is 2.34. The zero-order chi connectivity index (χ0) is 23.3. The summed E-state index contributed by atoms with van der Waals surface area (Å²) in [5.41, 5.74) is 0.756. The van der Waals surface area contributed by atoms with Crippen LogP contribution in [-0.4, -0.2) is 51.0 Å². The normalized spacial score (nSPS) is 21.4. The van der Waals surface area contributed by atoms with E-state index in [0.717, 1.165) is 37.4 Å². The van der Waals surface area contributed by atoms with Gasteiger partial charge in [0.05, 0.1) is 10.7 Å². The maximum Gasteiger partial charge on any atom is 0.267 e. The summed E-state index contributed by atoms with van der Waals surface area (Å²) in [6.07, 6.45) is 2.14. The van der Waals surface area contributed by atoms with Crippen molar-refractivity contribution in [3.63, 3.8) is 0 Å². The lowest BCUT2D eigenvalue weighted by Crippen LogP contribution is -2.31. The fraction of sp³-hybridized carbons (Fsp3) is 0.550. The van der Waals surface area contributed by atoms with Gasteiger partial charge in [-0.15, -0.1) is 11.3 Å². The second-order valence-corrected chi connectivity index (χ2v) is 13.0. The van der Waals surface area contributed by atoms with Crippen molar-refractivity contribution in [3.05, 3.63) is 31.8 Å². The lowest BCUT2D eigenvalue weighted by atomic mass is 9.93. The maximum atomic E-state index is 15.2. The van der Waals surface area contributed by atoms with Crippen LogP contribution in [0, 0.1) is 17.2 Å². The first-order valence-electron chi connectivity index (χ1n) is 10.2. The van der Waals surface area contributed by atoms with E-state index in [2.05, 4.69) is 28.5 Å². The van der Waals surface area contributed by atoms with E-state index < -0.39 is 20.7 Å². The molecule has 6 nitrogen and oxygen atoms in total. The Kier molecular flexibility index (Phi) is 6.89. The second-order valence-electron chi connectivity index (χ2n) is 9.18. The van der Waals surface area contributed by atoms with Gasteiger partial charge in [0, 0.05) is 31.6 Å². The van der Waals surface area contributed by atoms with Crippen LogP contribution in [0.15, 0.2) is 16.3 Å². The Bertz CT molecular complexity index is 1130. The molecule has 176 valence electrons. The summed E-state index contributed by atoms with van der Waals surface area (Å²) in [7, 11) is -4.34. The van der Waals surface area contributed by atoms with Gasteiger partial charge in [0.25, 0.3) is 10.0 Å². The maximum absolute atomic E-state index is 15.2. The monoisotopic (exact) mass is 540 g/mol. The molecule has 12 heteroatoms. The Balaban J connectivity index is 1.51. The Labute approximate surface area is 206 Å². The molecule has 2 aliphatic heterocycles. The number of hydrogen-bond acceptors (Lipinski definition) is 6. The third-order valence-electron chi connectivity index (χ3n) is 5.98. The highest BCUT2D eigenvalue weighted by molar-refractivity contribution is 7.92. The number of thiazole rings is 1. The Hall–Kier alpha value is -0.840. The first-order valence-corrected chi connectivity index (χ1v) is 13.7. The standard InChI is InChI=1S/C20H24Cl3FN4O2S2/c1-20(2)4-6-27(11-20)8-12-3-5-28(9-12)14-7-13(21)18(17(24)16(14)22)32(29,30)26-15-10-31-19(23)25-15/h7,10,12,26H,3-6,8-9,11H2,1-2H3. The van der Waals surface area contributed by atoms with Crippen LogP contribution in [0.4, 0.5) is 15.9 Å². The number of nitrogens with one attached hydrogen (secondary N) is 1. The van der Waals surface area contributed by atoms with Crippen molar-refractivity contribution in [2.75, 3.05) is 42.3 Å². The van der Waals surface area contributed by atoms with Crippen molar-refractivity contribution in [2.24, 2.45) is 11.3 Å². The van der Waals surface area contributed by atoms with Gasteiger partial charge in [0.15, 0.2) is 16.1 Å². The molecule has 1 aromatic carbocycles. The third-order valence-corrected chi connectivity index (χ3v) is 9.14. The van der Waals surface area contributed by atoms with E-state index in [9.17, 15) is 8.42 Å². The number of sulfonamides is 1. The van der Waals surface area contributed by atoms with Gasteiger partial charge in [-0.2, -0.15) is 0 Å². The molecule has 0 spiro atoms. The highest BCUT2D eigenvalue weighted by atomic mass is 35.5. The molecule has 0 aliphatic carbocycles. The molecule has 1 N–H and O–H groups in total. The Morgan fingerprint density at radius 1 is 1.31 bits per heavy atom. The molecule has 3 heterocycles. The van der Waals surface area contributed by atoms with Gasteiger partial charge < -0.3 is 9.80 Å². The average molecular weight is 542 g/mol. The van der Waals surface area contributed by atoms with Crippen LogP contribution in [0.1, 0.15) is 26.7 Å². The minimum absolute atomic E-state index is 0.0110. The third kappa shape index (κ3) is 5.13. The topological polar surface area (TPSA) is 65.5 Å². The van der Waals surface area contributed by atoms with Crippen molar-refractivity contribution in [2.45, 2.75) is 31.6 Å². The van der Waals surface area contributed by atoms with Crippen molar-refractivity contribution < 1.29 is 12.8 Å². The molecule has 1 aromatic heterocycles. The predicted octanol–water partition coefficient (Wildman–Crippen LogP) is 5.60. The molecule has 0 saturated carbocycles. The van der Waals surface area contributed by atoms with E-state index in [1.807, 2.05) is 4.90 Å². The molecule has 0 bridgehead atoms. The van der Waals surface area contributed by atoms with Gasteiger partial charge in [0.2, 0.25) is 0 Å². The van der Waals surface area contributed by atoms with Crippen LogP contribution in [-0.2, 0) is 10.0 Å². The molecule has 0 radical (unpaired) electrons. The first kappa shape index (κ1) is 24.3. The SMILES string of the molecule is CC1(C)CCN(CC2CCN(c3cc(Cl)c(S(=O)(=O)Nc4csc(Cl)n4)c(F)c3Cl)C2)C1. The molecule has 4 rings (SSSR count). The van der Waals surface area contributed by atoms with Gasteiger partial charge in [-0.3, -0.25) is 4.72 Å². The molecule has 0 amide bonds. The van der Waals surface area contributed by atoms with Gasteiger partial charge >= 0.3 is 0 Å². The summed E-state index contributed by atoms with van der Waals surface area (Å²) >= 11 is 19.3. The van der Waals surface area contributed by atoms with E-state index in [-0.39, 0.29) is 20.3 Å². The minimum atomic E-state index is -4.34. The lowest BCUT2D eigenvalue weighted by molar-refractivity contribution is 0.257. The molecule has 1 unspecified atom stereocenters. The molecule has 2 fully saturated rings. The number of halogens is 4. The summed E-state index contributed by atoms with van der Waals surface area (Å²) in [5.74, 6) is -0.655. The van der Waals surface area contributed by atoms with Crippen LogP contribution in [0.5, 0.6) is 0 Å². The molecule has 2 aliphatic rings. The smallest absolute Gasteiger partial charge is 0.267 e. The number of anilines is 2. The molecular formula is C20H24Cl3FN4O2S2. The minimum Gasteiger partial charge on any atom is -0.370 e. The van der Waals surface area contributed by atoms with Crippen LogP contribution < -0.4 is 9.62 Å². The number of aromatic nitrogens is 1.